The third-order valence-electron chi connectivity index (χ3n) is 4.89. The highest BCUT2D eigenvalue weighted by molar-refractivity contribution is 8.00. The lowest BCUT2D eigenvalue weighted by Gasteiger charge is -2.34. The van der Waals surface area contributed by atoms with Crippen molar-refractivity contribution in [1.29, 1.82) is 0 Å². The summed E-state index contributed by atoms with van der Waals surface area (Å²) in [6.45, 7) is 4.75. The number of amides is 3. The SMILES string of the molecule is C[C@@H]1CNCCN1C(=O)CCCC[C@@H]1SC[C@@H]2NC(=O)N[C@@H]21. The minimum atomic E-state index is -0.0248. The number of carbonyl (C=O) groups excluding carboxylic acids is 2. The molecule has 7 heteroatoms. The smallest absolute Gasteiger partial charge is 0.315 e. The fourth-order valence-electron chi connectivity index (χ4n) is 3.62. The van der Waals surface area contributed by atoms with Crippen molar-refractivity contribution < 1.29 is 9.59 Å². The van der Waals surface area contributed by atoms with Crippen molar-refractivity contribution in [2.45, 2.75) is 56.0 Å². The normalized spacial score (nSPS) is 34.2. The summed E-state index contributed by atoms with van der Waals surface area (Å²) in [6, 6.07) is 0.863. The molecule has 0 aromatic carbocycles. The molecule has 0 aliphatic carbocycles. The summed E-state index contributed by atoms with van der Waals surface area (Å²) in [4.78, 5) is 25.6. The topological polar surface area (TPSA) is 73.5 Å². The molecule has 0 unspecified atom stereocenters. The van der Waals surface area contributed by atoms with E-state index < -0.39 is 0 Å². The zero-order chi connectivity index (χ0) is 15.5. The molecule has 3 saturated heterocycles. The van der Waals surface area contributed by atoms with Crippen molar-refractivity contribution in [2.24, 2.45) is 0 Å². The van der Waals surface area contributed by atoms with Crippen LogP contribution in [0.5, 0.6) is 0 Å². The Morgan fingerprint density at radius 2 is 2.23 bits per heavy atom. The van der Waals surface area contributed by atoms with Crippen LogP contribution in [0.15, 0.2) is 0 Å². The van der Waals surface area contributed by atoms with Gasteiger partial charge in [0.2, 0.25) is 5.91 Å². The summed E-state index contributed by atoms with van der Waals surface area (Å²) in [5.74, 6) is 1.30. The quantitative estimate of drug-likeness (QED) is 0.509. The lowest BCUT2D eigenvalue weighted by molar-refractivity contribution is -0.134. The van der Waals surface area contributed by atoms with E-state index in [-0.39, 0.29) is 12.1 Å². The molecule has 0 spiro atoms. The summed E-state index contributed by atoms with van der Waals surface area (Å²) in [7, 11) is 0. The standard InChI is InChI=1S/C15H26N4O2S/c1-10-8-16-6-7-19(10)13(20)5-3-2-4-12-14-11(9-22-12)17-15(21)18-14/h10-12,14,16H,2-9H2,1H3,(H2,17,18,21)/t10-,11+,12+,14+/m1/s1. The van der Waals surface area contributed by atoms with E-state index in [0.717, 1.165) is 44.6 Å². The molecule has 3 N–H and O–H groups in total. The number of nitrogens with one attached hydrogen (secondary N) is 3. The second-order valence-corrected chi connectivity index (χ2v) is 7.78. The molecule has 3 heterocycles. The zero-order valence-electron chi connectivity index (χ0n) is 13.1. The first-order valence-corrected chi connectivity index (χ1v) is 9.39. The molecule has 124 valence electrons. The van der Waals surface area contributed by atoms with Crippen LogP contribution < -0.4 is 16.0 Å². The molecule has 3 rings (SSSR count). The first-order valence-electron chi connectivity index (χ1n) is 8.34. The minimum absolute atomic E-state index is 0.0248. The van der Waals surface area contributed by atoms with Gasteiger partial charge in [0.25, 0.3) is 0 Å². The molecular formula is C15H26N4O2S. The minimum Gasteiger partial charge on any atom is -0.337 e. The Hall–Kier alpha value is -0.950. The summed E-state index contributed by atoms with van der Waals surface area (Å²) in [5, 5.41) is 9.79. The first-order chi connectivity index (χ1) is 10.6. The molecular weight excluding hydrogens is 300 g/mol. The third-order valence-corrected chi connectivity index (χ3v) is 6.40. The molecule has 0 bridgehead atoms. The first kappa shape index (κ1) is 15.9. The molecule has 0 radical (unpaired) electrons. The Morgan fingerprint density at radius 3 is 3.05 bits per heavy atom. The molecule has 6 nitrogen and oxygen atoms in total. The number of nitrogens with zero attached hydrogens (tertiary/aromatic N) is 1. The zero-order valence-corrected chi connectivity index (χ0v) is 14.0. The molecule has 4 atom stereocenters. The van der Waals surface area contributed by atoms with Crippen molar-refractivity contribution in [3.63, 3.8) is 0 Å². The summed E-state index contributed by atoms with van der Waals surface area (Å²) < 4.78 is 0. The number of hydrogen-bond acceptors (Lipinski definition) is 4. The van der Waals surface area contributed by atoms with E-state index in [2.05, 4.69) is 22.9 Å². The predicted molar refractivity (Wildman–Crippen MR) is 88.0 cm³/mol. The molecule has 3 amide bonds. The van der Waals surface area contributed by atoms with Crippen LogP contribution in [-0.4, -0.2) is 65.6 Å². The fraction of sp³-hybridized carbons (Fsp3) is 0.867. The van der Waals surface area contributed by atoms with E-state index in [1.165, 1.54) is 0 Å². The number of fused-ring (bicyclic) bond motifs is 1. The largest absolute Gasteiger partial charge is 0.337 e. The van der Waals surface area contributed by atoms with Crippen molar-refractivity contribution in [2.75, 3.05) is 25.4 Å². The van der Waals surface area contributed by atoms with E-state index in [4.69, 9.17) is 0 Å². The van der Waals surface area contributed by atoms with E-state index in [0.29, 0.717) is 29.7 Å². The number of unbranched alkanes of at least 4 members (excludes halogenated alkanes) is 1. The maximum absolute atomic E-state index is 12.3. The second kappa shape index (κ2) is 7.08. The molecule has 0 aromatic heterocycles. The molecule has 3 aliphatic heterocycles. The van der Waals surface area contributed by atoms with E-state index in [1.807, 2.05) is 16.7 Å². The second-order valence-electron chi connectivity index (χ2n) is 6.51. The van der Waals surface area contributed by atoms with Crippen LogP contribution in [0.2, 0.25) is 0 Å². The number of thioether (sulfide) groups is 1. The monoisotopic (exact) mass is 326 g/mol. The average molecular weight is 326 g/mol. The Kier molecular flexibility index (Phi) is 5.13. The molecule has 3 fully saturated rings. The van der Waals surface area contributed by atoms with Crippen molar-refractivity contribution >= 4 is 23.7 Å². The number of hydrogen-bond donors (Lipinski definition) is 3. The predicted octanol–water partition coefficient (Wildman–Crippen LogP) is 0.533. The Bertz CT molecular complexity index is 434. The summed E-state index contributed by atoms with van der Waals surface area (Å²) in [6.07, 6.45) is 3.74. The molecule has 3 aliphatic rings. The highest BCUT2D eigenvalue weighted by atomic mass is 32.2. The highest BCUT2D eigenvalue weighted by Crippen LogP contribution is 2.33. The van der Waals surface area contributed by atoms with Gasteiger partial charge in [-0.3, -0.25) is 4.79 Å². The van der Waals surface area contributed by atoms with Gasteiger partial charge in [-0.1, -0.05) is 6.42 Å². The van der Waals surface area contributed by atoms with Crippen molar-refractivity contribution in [3.05, 3.63) is 0 Å². The summed E-state index contributed by atoms with van der Waals surface area (Å²) >= 11 is 1.94. The number of urea groups is 1. The van der Waals surface area contributed by atoms with E-state index in [9.17, 15) is 9.59 Å². The lowest BCUT2D eigenvalue weighted by Crippen LogP contribution is -2.52. The van der Waals surface area contributed by atoms with Crippen molar-refractivity contribution in [1.82, 2.24) is 20.9 Å². The van der Waals surface area contributed by atoms with Crippen LogP contribution in [-0.2, 0) is 4.79 Å². The summed E-state index contributed by atoms with van der Waals surface area (Å²) in [5.41, 5.74) is 0. The van der Waals surface area contributed by atoms with Crippen LogP contribution in [0.25, 0.3) is 0 Å². The third kappa shape index (κ3) is 3.51. The number of piperazine rings is 1. The van der Waals surface area contributed by atoms with Gasteiger partial charge < -0.3 is 20.9 Å². The Morgan fingerprint density at radius 1 is 1.36 bits per heavy atom. The number of carbonyl (C=O) groups is 2. The van der Waals surface area contributed by atoms with Gasteiger partial charge in [0.1, 0.15) is 0 Å². The molecule has 22 heavy (non-hydrogen) atoms. The van der Waals surface area contributed by atoms with Crippen LogP contribution in [0.1, 0.15) is 32.6 Å². The Balaban J connectivity index is 1.35. The van der Waals surface area contributed by atoms with Crippen LogP contribution >= 0.6 is 11.8 Å². The van der Waals surface area contributed by atoms with Gasteiger partial charge in [-0.2, -0.15) is 11.8 Å². The van der Waals surface area contributed by atoms with Gasteiger partial charge in [-0.05, 0) is 19.8 Å². The highest BCUT2D eigenvalue weighted by Gasteiger charge is 2.42. The van der Waals surface area contributed by atoms with Gasteiger partial charge in [-0.25, -0.2) is 4.79 Å². The van der Waals surface area contributed by atoms with Gasteiger partial charge in [0, 0.05) is 43.1 Å². The van der Waals surface area contributed by atoms with Gasteiger partial charge in [0.05, 0.1) is 12.1 Å². The van der Waals surface area contributed by atoms with Crippen LogP contribution in [0.4, 0.5) is 4.79 Å². The lowest BCUT2D eigenvalue weighted by atomic mass is 10.0. The maximum Gasteiger partial charge on any atom is 0.315 e. The fourth-order valence-corrected chi connectivity index (χ4v) is 5.16. The van der Waals surface area contributed by atoms with Crippen LogP contribution in [0, 0.1) is 0 Å². The maximum atomic E-state index is 12.3. The van der Waals surface area contributed by atoms with Crippen LogP contribution in [0.3, 0.4) is 0 Å². The molecule has 0 aromatic rings. The molecule has 0 saturated carbocycles. The van der Waals surface area contributed by atoms with Gasteiger partial charge in [0.15, 0.2) is 0 Å². The van der Waals surface area contributed by atoms with E-state index >= 15 is 0 Å². The average Bonchev–Trinajstić information content (AvgIpc) is 3.03. The van der Waals surface area contributed by atoms with E-state index in [1.54, 1.807) is 0 Å². The van der Waals surface area contributed by atoms with Crippen molar-refractivity contribution in [3.8, 4) is 0 Å². The Labute approximate surface area is 136 Å². The number of rotatable bonds is 5. The van der Waals surface area contributed by atoms with Gasteiger partial charge >= 0.3 is 6.03 Å². The van der Waals surface area contributed by atoms with Gasteiger partial charge in [-0.15, -0.1) is 0 Å².